The lowest BCUT2D eigenvalue weighted by atomic mass is 10.3. The van der Waals surface area contributed by atoms with Gasteiger partial charge in [-0.3, -0.25) is 4.98 Å². The van der Waals surface area contributed by atoms with Gasteiger partial charge in [0.2, 0.25) is 5.95 Å². The minimum atomic E-state index is 0.585. The predicted octanol–water partition coefficient (Wildman–Crippen LogP) is 2.29. The van der Waals surface area contributed by atoms with E-state index < -0.39 is 0 Å². The van der Waals surface area contributed by atoms with Gasteiger partial charge in [0.15, 0.2) is 0 Å². The van der Waals surface area contributed by atoms with Gasteiger partial charge in [0.05, 0.1) is 4.47 Å². The van der Waals surface area contributed by atoms with Crippen LogP contribution in [0.5, 0.6) is 0 Å². The third kappa shape index (κ3) is 3.13. The molecule has 17 heavy (non-hydrogen) atoms. The normalized spacial score (nSPS) is 10.0. The Hall–Kier alpha value is -1.69. The highest BCUT2D eigenvalue weighted by Gasteiger charge is 2.03. The molecule has 0 saturated carbocycles. The molecule has 2 aromatic heterocycles. The van der Waals surface area contributed by atoms with Gasteiger partial charge in [-0.2, -0.15) is 4.98 Å². The lowest BCUT2D eigenvalue weighted by molar-refractivity contribution is 1.06. The molecular weight excluding hydrogens is 282 g/mol. The topological polar surface area (TPSA) is 62.7 Å². The second-order valence-electron chi connectivity index (χ2n) is 3.35. The van der Waals surface area contributed by atoms with Crippen molar-refractivity contribution in [3.8, 4) is 0 Å². The quantitative estimate of drug-likeness (QED) is 0.906. The SMILES string of the molecule is CNc1ncc(Br)c(NCc2cccnc2)n1. The van der Waals surface area contributed by atoms with E-state index in [0.717, 1.165) is 15.9 Å². The Morgan fingerprint density at radius 3 is 2.94 bits per heavy atom. The highest BCUT2D eigenvalue weighted by Crippen LogP contribution is 2.20. The molecule has 2 N–H and O–H groups in total. The first-order chi connectivity index (χ1) is 8.29. The van der Waals surface area contributed by atoms with Crippen LogP contribution in [-0.4, -0.2) is 22.0 Å². The van der Waals surface area contributed by atoms with Crippen LogP contribution in [0, 0.1) is 0 Å². The summed E-state index contributed by atoms with van der Waals surface area (Å²) in [6.45, 7) is 0.673. The van der Waals surface area contributed by atoms with Crippen molar-refractivity contribution in [2.45, 2.75) is 6.54 Å². The van der Waals surface area contributed by atoms with Crippen LogP contribution in [-0.2, 0) is 6.54 Å². The van der Waals surface area contributed by atoms with Crippen molar-refractivity contribution in [1.29, 1.82) is 0 Å². The zero-order chi connectivity index (χ0) is 12.1. The summed E-state index contributed by atoms with van der Waals surface area (Å²) in [5.41, 5.74) is 1.10. The molecule has 0 saturated heterocycles. The van der Waals surface area contributed by atoms with E-state index in [-0.39, 0.29) is 0 Å². The Morgan fingerprint density at radius 2 is 2.24 bits per heavy atom. The van der Waals surface area contributed by atoms with Gasteiger partial charge >= 0.3 is 0 Å². The standard InChI is InChI=1S/C11H12BrN5/c1-13-11-16-7-9(12)10(17-11)15-6-8-3-2-4-14-5-8/h2-5,7H,6H2,1H3,(H2,13,15,16,17). The van der Waals surface area contributed by atoms with Crippen LogP contribution in [0.25, 0.3) is 0 Å². The Balaban J connectivity index is 2.08. The second kappa shape index (κ2) is 5.58. The molecule has 0 spiro atoms. The number of nitrogens with one attached hydrogen (secondary N) is 2. The Labute approximate surface area is 108 Å². The summed E-state index contributed by atoms with van der Waals surface area (Å²) >= 11 is 3.40. The molecular formula is C11H12BrN5. The number of rotatable bonds is 4. The van der Waals surface area contributed by atoms with Crippen LogP contribution in [0.3, 0.4) is 0 Å². The van der Waals surface area contributed by atoms with Gasteiger partial charge < -0.3 is 10.6 Å². The molecule has 0 aliphatic rings. The van der Waals surface area contributed by atoms with Crippen molar-refractivity contribution in [2.75, 3.05) is 17.7 Å². The van der Waals surface area contributed by atoms with E-state index in [2.05, 4.69) is 41.5 Å². The van der Waals surface area contributed by atoms with Crippen LogP contribution in [0.15, 0.2) is 35.2 Å². The monoisotopic (exact) mass is 293 g/mol. The molecule has 0 unspecified atom stereocenters. The number of aromatic nitrogens is 3. The molecule has 0 bridgehead atoms. The van der Waals surface area contributed by atoms with Crippen LogP contribution < -0.4 is 10.6 Å². The molecule has 0 aromatic carbocycles. The predicted molar refractivity (Wildman–Crippen MR) is 70.8 cm³/mol. The van der Waals surface area contributed by atoms with Gasteiger partial charge in [-0.05, 0) is 27.6 Å². The third-order valence-electron chi connectivity index (χ3n) is 2.15. The Morgan fingerprint density at radius 1 is 1.35 bits per heavy atom. The number of nitrogens with zero attached hydrogens (tertiary/aromatic N) is 3. The fraction of sp³-hybridized carbons (Fsp3) is 0.182. The van der Waals surface area contributed by atoms with E-state index in [1.165, 1.54) is 0 Å². The van der Waals surface area contributed by atoms with Crippen molar-refractivity contribution in [3.05, 3.63) is 40.8 Å². The molecule has 6 heteroatoms. The molecule has 0 radical (unpaired) electrons. The number of hydrogen-bond donors (Lipinski definition) is 2. The van der Waals surface area contributed by atoms with Gasteiger partial charge in [-0.1, -0.05) is 6.07 Å². The van der Waals surface area contributed by atoms with Crippen molar-refractivity contribution < 1.29 is 0 Å². The van der Waals surface area contributed by atoms with Crippen LogP contribution in [0.1, 0.15) is 5.56 Å². The van der Waals surface area contributed by atoms with Crippen molar-refractivity contribution in [2.24, 2.45) is 0 Å². The summed E-state index contributed by atoms with van der Waals surface area (Å²) in [5, 5.41) is 6.12. The largest absolute Gasteiger partial charge is 0.365 e. The molecule has 2 heterocycles. The lowest BCUT2D eigenvalue weighted by Gasteiger charge is -2.08. The van der Waals surface area contributed by atoms with Crippen molar-refractivity contribution >= 4 is 27.7 Å². The summed E-state index contributed by atoms with van der Waals surface area (Å²) in [6.07, 6.45) is 5.29. The Bertz CT molecular complexity index is 488. The van der Waals surface area contributed by atoms with Gasteiger partial charge in [0.1, 0.15) is 5.82 Å². The maximum absolute atomic E-state index is 4.31. The highest BCUT2D eigenvalue weighted by molar-refractivity contribution is 9.10. The number of pyridine rings is 1. The number of halogens is 1. The molecule has 2 aromatic rings. The summed E-state index contributed by atoms with van der Waals surface area (Å²) in [4.78, 5) is 12.5. The zero-order valence-electron chi connectivity index (χ0n) is 9.31. The minimum Gasteiger partial charge on any atom is -0.365 e. The molecule has 0 aliphatic heterocycles. The smallest absolute Gasteiger partial charge is 0.224 e. The average molecular weight is 294 g/mol. The molecule has 0 fully saturated rings. The van der Waals surface area contributed by atoms with E-state index in [1.807, 2.05) is 18.3 Å². The molecule has 88 valence electrons. The van der Waals surface area contributed by atoms with E-state index in [4.69, 9.17) is 0 Å². The first kappa shape index (κ1) is 11.8. The lowest BCUT2D eigenvalue weighted by Crippen LogP contribution is -2.05. The molecule has 0 atom stereocenters. The summed E-state index contributed by atoms with van der Waals surface area (Å²) in [7, 11) is 1.79. The minimum absolute atomic E-state index is 0.585. The third-order valence-corrected chi connectivity index (χ3v) is 2.73. The van der Waals surface area contributed by atoms with E-state index >= 15 is 0 Å². The van der Waals surface area contributed by atoms with Crippen molar-refractivity contribution in [1.82, 2.24) is 15.0 Å². The maximum Gasteiger partial charge on any atom is 0.224 e. The summed E-state index contributed by atoms with van der Waals surface area (Å²) in [5.74, 6) is 1.34. The van der Waals surface area contributed by atoms with E-state index in [1.54, 1.807) is 19.4 Å². The molecule has 2 rings (SSSR count). The van der Waals surface area contributed by atoms with Crippen LogP contribution in [0.4, 0.5) is 11.8 Å². The molecule has 5 nitrogen and oxygen atoms in total. The van der Waals surface area contributed by atoms with Crippen LogP contribution >= 0.6 is 15.9 Å². The number of anilines is 2. The van der Waals surface area contributed by atoms with E-state index in [9.17, 15) is 0 Å². The van der Waals surface area contributed by atoms with Gasteiger partial charge in [-0.15, -0.1) is 0 Å². The summed E-state index contributed by atoms with van der Waals surface area (Å²) < 4.78 is 0.834. The highest BCUT2D eigenvalue weighted by atomic mass is 79.9. The number of hydrogen-bond acceptors (Lipinski definition) is 5. The molecule has 0 aliphatic carbocycles. The van der Waals surface area contributed by atoms with Crippen molar-refractivity contribution in [3.63, 3.8) is 0 Å². The maximum atomic E-state index is 4.31. The fourth-order valence-corrected chi connectivity index (χ4v) is 1.63. The van der Waals surface area contributed by atoms with Gasteiger partial charge in [0.25, 0.3) is 0 Å². The fourth-order valence-electron chi connectivity index (χ4n) is 1.30. The van der Waals surface area contributed by atoms with E-state index in [0.29, 0.717) is 12.5 Å². The second-order valence-corrected chi connectivity index (χ2v) is 4.21. The average Bonchev–Trinajstić information content (AvgIpc) is 2.39. The first-order valence-electron chi connectivity index (χ1n) is 5.12. The van der Waals surface area contributed by atoms with Gasteiger partial charge in [0, 0.05) is 32.2 Å². The Kier molecular flexibility index (Phi) is 3.87. The van der Waals surface area contributed by atoms with Crippen LogP contribution in [0.2, 0.25) is 0 Å². The summed E-state index contributed by atoms with van der Waals surface area (Å²) in [6, 6.07) is 3.92. The first-order valence-corrected chi connectivity index (χ1v) is 5.92. The zero-order valence-corrected chi connectivity index (χ0v) is 10.9. The van der Waals surface area contributed by atoms with Gasteiger partial charge in [-0.25, -0.2) is 4.98 Å². The molecule has 0 amide bonds.